The smallest absolute Gasteiger partial charge is 0.319 e. The highest BCUT2D eigenvalue weighted by Crippen LogP contribution is 2.15. The molecule has 0 spiro atoms. The van der Waals surface area contributed by atoms with E-state index in [4.69, 9.17) is 5.11 Å². The number of hydrogen-bond donors (Lipinski definition) is 3. The summed E-state index contributed by atoms with van der Waals surface area (Å²) in [5.74, 6) is 0. The maximum atomic E-state index is 11.6. The van der Waals surface area contributed by atoms with Crippen molar-refractivity contribution in [1.82, 2.24) is 15.1 Å². The molecule has 0 radical (unpaired) electrons. The average Bonchev–Trinajstić information content (AvgIpc) is 2.65. The summed E-state index contributed by atoms with van der Waals surface area (Å²) in [6.07, 6.45) is 3.94. The predicted octanol–water partition coefficient (Wildman–Crippen LogP) is 1.53. The van der Waals surface area contributed by atoms with Gasteiger partial charge in [-0.25, -0.2) is 4.79 Å². The van der Waals surface area contributed by atoms with Crippen LogP contribution < -0.4 is 10.6 Å². The van der Waals surface area contributed by atoms with Gasteiger partial charge in [0.15, 0.2) is 0 Å². The van der Waals surface area contributed by atoms with Crippen molar-refractivity contribution in [1.29, 1.82) is 0 Å². The Bertz CT molecular complexity index is 395. The molecule has 18 heavy (non-hydrogen) atoms. The third-order valence-electron chi connectivity index (χ3n) is 2.47. The minimum absolute atomic E-state index is 0.0589. The standard InChI is InChI=1S/C12H22N4O2/c1-9(5-6-17)14-11(18)15-10-7-13-16(8-10)12(2,3)4/h7-9,17H,5-6H2,1-4H3,(H2,14,15,18)/t9-/m1/s1. The summed E-state index contributed by atoms with van der Waals surface area (Å²) < 4.78 is 1.79. The Labute approximate surface area is 107 Å². The Morgan fingerprint density at radius 1 is 1.56 bits per heavy atom. The van der Waals surface area contributed by atoms with Crippen LogP contribution in [-0.2, 0) is 5.54 Å². The topological polar surface area (TPSA) is 79.2 Å². The number of amides is 2. The van der Waals surface area contributed by atoms with Gasteiger partial charge in [0.05, 0.1) is 17.4 Å². The molecule has 0 saturated carbocycles. The van der Waals surface area contributed by atoms with Gasteiger partial charge in [-0.15, -0.1) is 0 Å². The highest BCUT2D eigenvalue weighted by Gasteiger charge is 2.15. The van der Waals surface area contributed by atoms with Crippen LogP contribution in [0.2, 0.25) is 0 Å². The number of aliphatic hydroxyl groups excluding tert-OH is 1. The van der Waals surface area contributed by atoms with Crippen molar-refractivity contribution >= 4 is 11.7 Å². The molecule has 0 bridgehead atoms. The molecule has 1 rings (SSSR count). The first-order chi connectivity index (χ1) is 8.32. The number of aromatic nitrogens is 2. The molecule has 1 aromatic heterocycles. The van der Waals surface area contributed by atoms with Crippen molar-refractivity contribution in [3.63, 3.8) is 0 Å². The lowest BCUT2D eigenvalue weighted by molar-refractivity contribution is 0.241. The summed E-state index contributed by atoms with van der Waals surface area (Å²) in [6.45, 7) is 8.01. The molecule has 102 valence electrons. The molecule has 0 aliphatic carbocycles. The molecule has 3 N–H and O–H groups in total. The van der Waals surface area contributed by atoms with E-state index in [1.54, 1.807) is 17.1 Å². The molecular formula is C12H22N4O2. The van der Waals surface area contributed by atoms with Gasteiger partial charge >= 0.3 is 6.03 Å². The second kappa shape index (κ2) is 5.86. The van der Waals surface area contributed by atoms with E-state index in [0.717, 1.165) is 0 Å². The van der Waals surface area contributed by atoms with E-state index < -0.39 is 0 Å². The number of urea groups is 1. The van der Waals surface area contributed by atoms with E-state index in [1.165, 1.54) is 0 Å². The summed E-state index contributed by atoms with van der Waals surface area (Å²) in [6, 6.07) is -0.350. The highest BCUT2D eigenvalue weighted by atomic mass is 16.3. The average molecular weight is 254 g/mol. The van der Waals surface area contributed by atoms with Crippen LogP contribution in [0.3, 0.4) is 0 Å². The van der Waals surface area contributed by atoms with Gasteiger partial charge in [0.25, 0.3) is 0 Å². The zero-order valence-corrected chi connectivity index (χ0v) is 11.4. The van der Waals surface area contributed by atoms with Crippen LogP contribution in [0.25, 0.3) is 0 Å². The maximum absolute atomic E-state index is 11.6. The third kappa shape index (κ3) is 4.37. The molecule has 0 aromatic carbocycles. The Morgan fingerprint density at radius 3 is 2.72 bits per heavy atom. The highest BCUT2D eigenvalue weighted by molar-refractivity contribution is 5.89. The predicted molar refractivity (Wildman–Crippen MR) is 70.5 cm³/mol. The first-order valence-corrected chi connectivity index (χ1v) is 6.06. The fraction of sp³-hybridized carbons (Fsp3) is 0.667. The Balaban J connectivity index is 2.52. The number of nitrogens with zero attached hydrogens (tertiary/aromatic N) is 2. The normalized spacial score (nSPS) is 13.2. The third-order valence-corrected chi connectivity index (χ3v) is 2.47. The Hall–Kier alpha value is -1.56. The van der Waals surface area contributed by atoms with Crippen molar-refractivity contribution in [3.8, 4) is 0 Å². The van der Waals surface area contributed by atoms with Gasteiger partial charge in [0.2, 0.25) is 0 Å². The lowest BCUT2D eigenvalue weighted by Crippen LogP contribution is -2.36. The number of aliphatic hydroxyl groups is 1. The monoisotopic (exact) mass is 254 g/mol. The zero-order valence-electron chi connectivity index (χ0n) is 11.4. The number of nitrogens with one attached hydrogen (secondary N) is 2. The summed E-state index contributed by atoms with van der Waals surface area (Å²) in [5.41, 5.74) is 0.541. The van der Waals surface area contributed by atoms with Crippen LogP contribution in [0.15, 0.2) is 12.4 Å². The van der Waals surface area contributed by atoms with E-state index >= 15 is 0 Å². The van der Waals surface area contributed by atoms with Crippen molar-refractivity contribution in [2.45, 2.75) is 45.7 Å². The minimum atomic E-state index is -0.288. The lowest BCUT2D eigenvalue weighted by Gasteiger charge is -2.18. The quantitative estimate of drug-likeness (QED) is 0.762. The molecule has 6 heteroatoms. The number of carbonyl (C=O) groups excluding carboxylic acids is 1. The van der Waals surface area contributed by atoms with E-state index in [9.17, 15) is 4.79 Å². The van der Waals surface area contributed by atoms with Gasteiger partial charge in [-0.3, -0.25) is 4.68 Å². The van der Waals surface area contributed by atoms with E-state index in [1.807, 2.05) is 27.7 Å². The second-order valence-corrected chi connectivity index (χ2v) is 5.36. The molecular weight excluding hydrogens is 232 g/mol. The fourth-order valence-electron chi connectivity index (χ4n) is 1.41. The van der Waals surface area contributed by atoms with Gasteiger partial charge in [-0.05, 0) is 34.1 Å². The van der Waals surface area contributed by atoms with Crippen molar-refractivity contribution in [2.75, 3.05) is 11.9 Å². The molecule has 0 unspecified atom stereocenters. The van der Waals surface area contributed by atoms with Crippen LogP contribution in [0, 0.1) is 0 Å². The molecule has 0 aliphatic rings. The first kappa shape index (κ1) is 14.5. The van der Waals surface area contributed by atoms with Crippen molar-refractivity contribution < 1.29 is 9.90 Å². The molecule has 2 amide bonds. The van der Waals surface area contributed by atoms with E-state index in [2.05, 4.69) is 15.7 Å². The zero-order chi connectivity index (χ0) is 13.8. The molecule has 0 aliphatic heterocycles. The lowest BCUT2D eigenvalue weighted by atomic mass is 10.1. The maximum Gasteiger partial charge on any atom is 0.319 e. The molecule has 0 fully saturated rings. The Morgan fingerprint density at radius 2 is 2.22 bits per heavy atom. The number of hydrogen-bond acceptors (Lipinski definition) is 3. The van der Waals surface area contributed by atoms with Crippen LogP contribution in [0.1, 0.15) is 34.1 Å². The second-order valence-electron chi connectivity index (χ2n) is 5.36. The molecule has 0 saturated heterocycles. The minimum Gasteiger partial charge on any atom is -0.396 e. The summed E-state index contributed by atoms with van der Waals surface area (Å²) >= 11 is 0. The largest absolute Gasteiger partial charge is 0.396 e. The van der Waals surface area contributed by atoms with Gasteiger partial charge < -0.3 is 15.7 Å². The van der Waals surface area contributed by atoms with Crippen LogP contribution in [-0.4, -0.2) is 33.6 Å². The van der Waals surface area contributed by atoms with Gasteiger partial charge in [-0.1, -0.05) is 0 Å². The summed E-state index contributed by atoms with van der Waals surface area (Å²) in [5, 5.41) is 18.4. The van der Waals surface area contributed by atoms with Gasteiger partial charge in [0, 0.05) is 18.8 Å². The Kier molecular flexibility index (Phi) is 4.72. The fourth-order valence-corrected chi connectivity index (χ4v) is 1.41. The number of rotatable bonds is 4. The molecule has 1 heterocycles. The molecule has 6 nitrogen and oxygen atoms in total. The number of anilines is 1. The van der Waals surface area contributed by atoms with E-state index in [0.29, 0.717) is 12.1 Å². The summed E-state index contributed by atoms with van der Waals surface area (Å²) in [4.78, 5) is 11.6. The van der Waals surface area contributed by atoms with Crippen LogP contribution in [0.4, 0.5) is 10.5 Å². The van der Waals surface area contributed by atoms with E-state index in [-0.39, 0.29) is 24.2 Å². The van der Waals surface area contributed by atoms with Crippen molar-refractivity contribution in [3.05, 3.63) is 12.4 Å². The van der Waals surface area contributed by atoms with Gasteiger partial charge in [0.1, 0.15) is 0 Å². The summed E-state index contributed by atoms with van der Waals surface area (Å²) in [7, 11) is 0. The first-order valence-electron chi connectivity index (χ1n) is 6.06. The van der Waals surface area contributed by atoms with Crippen molar-refractivity contribution in [2.24, 2.45) is 0 Å². The SMILES string of the molecule is C[C@H](CCO)NC(=O)Nc1cnn(C(C)(C)C)c1. The number of carbonyl (C=O) groups is 1. The van der Waals surface area contributed by atoms with Crippen LogP contribution in [0.5, 0.6) is 0 Å². The molecule has 1 atom stereocenters. The van der Waals surface area contributed by atoms with Gasteiger partial charge in [-0.2, -0.15) is 5.10 Å². The molecule has 1 aromatic rings. The van der Waals surface area contributed by atoms with Crippen LogP contribution >= 0.6 is 0 Å².